The van der Waals surface area contributed by atoms with Crippen molar-refractivity contribution < 1.29 is 4.79 Å². The van der Waals surface area contributed by atoms with Crippen LogP contribution in [0.1, 0.15) is 17.5 Å². The third-order valence-corrected chi connectivity index (χ3v) is 5.73. The van der Waals surface area contributed by atoms with Gasteiger partial charge in [-0.3, -0.25) is 9.69 Å². The first-order chi connectivity index (χ1) is 15.3. The first-order valence-electron chi connectivity index (χ1n) is 10.3. The van der Waals surface area contributed by atoms with Crippen molar-refractivity contribution in [3.8, 4) is 10.6 Å². The lowest BCUT2D eigenvalue weighted by Crippen LogP contribution is -2.27. The van der Waals surface area contributed by atoms with E-state index >= 15 is 0 Å². The number of aromatic nitrogens is 2. The molecule has 1 aromatic heterocycles. The minimum absolute atomic E-state index is 0.0538. The van der Waals surface area contributed by atoms with Gasteiger partial charge in [-0.2, -0.15) is 0 Å². The van der Waals surface area contributed by atoms with Gasteiger partial charge in [0.2, 0.25) is 11.0 Å². The van der Waals surface area contributed by atoms with Gasteiger partial charge in [-0.1, -0.05) is 102 Å². The van der Waals surface area contributed by atoms with Crippen molar-refractivity contribution >= 4 is 22.4 Å². The average Bonchev–Trinajstić information content (AvgIpc) is 3.28. The molecule has 156 valence electrons. The maximum absolute atomic E-state index is 12.6. The van der Waals surface area contributed by atoms with Crippen molar-refractivity contribution in [3.05, 3.63) is 102 Å². The van der Waals surface area contributed by atoms with E-state index in [9.17, 15) is 4.79 Å². The molecule has 0 aliphatic rings. The summed E-state index contributed by atoms with van der Waals surface area (Å²) in [6.07, 6.45) is 0.389. The van der Waals surface area contributed by atoms with E-state index in [-0.39, 0.29) is 5.91 Å². The number of hydrogen-bond acceptors (Lipinski definition) is 5. The molecule has 0 bridgehead atoms. The van der Waals surface area contributed by atoms with Gasteiger partial charge in [0.1, 0.15) is 5.01 Å². The fraction of sp³-hybridized carbons (Fsp3) is 0.160. The van der Waals surface area contributed by atoms with Gasteiger partial charge in [0.15, 0.2) is 0 Å². The monoisotopic (exact) mass is 428 g/mol. The molecule has 0 fully saturated rings. The van der Waals surface area contributed by atoms with Crippen molar-refractivity contribution in [2.75, 3.05) is 11.9 Å². The van der Waals surface area contributed by atoms with Crippen molar-refractivity contribution in [1.82, 2.24) is 15.1 Å². The molecule has 0 aliphatic heterocycles. The summed E-state index contributed by atoms with van der Waals surface area (Å²) in [6, 6.07) is 30.5. The van der Waals surface area contributed by atoms with Gasteiger partial charge in [0, 0.05) is 31.6 Å². The quantitative estimate of drug-likeness (QED) is 0.396. The molecule has 3 aromatic carbocycles. The number of benzene rings is 3. The fourth-order valence-electron chi connectivity index (χ4n) is 3.31. The van der Waals surface area contributed by atoms with Gasteiger partial charge < -0.3 is 5.32 Å². The molecule has 0 atom stereocenters. The Balaban J connectivity index is 1.36. The number of nitrogens with zero attached hydrogens (tertiary/aromatic N) is 3. The Kier molecular flexibility index (Phi) is 7.16. The lowest BCUT2D eigenvalue weighted by atomic mass is 10.1. The molecule has 1 amide bonds. The largest absolute Gasteiger partial charge is 0.300 e. The van der Waals surface area contributed by atoms with Crippen molar-refractivity contribution in [2.45, 2.75) is 19.5 Å². The van der Waals surface area contributed by atoms with Crippen LogP contribution in [0.15, 0.2) is 91.0 Å². The van der Waals surface area contributed by atoms with E-state index in [0.717, 1.165) is 23.7 Å². The second-order valence-corrected chi connectivity index (χ2v) is 8.24. The van der Waals surface area contributed by atoms with E-state index in [2.05, 4.69) is 44.7 Å². The lowest BCUT2D eigenvalue weighted by Gasteiger charge is -2.22. The predicted molar refractivity (Wildman–Crippen MR) is 126 cm³/mol. The van der Waals surface area contributed by atoms with Gasteiger partial charge in [-0.25, -0.2) is 0 Å². The normalized spacial score (nSPS) is 10.9. The van der Waals surface area contributed by atoms with Crippen molar-refractivity contribution in [2.24, 2.45) is 0 Å². The number of hydrogen-bond donors (Lipinski definition) is 1. The van der Waals surface area contributed by atoms with Crippen LogP contribution in [0.2, 0.25) is 0 Å². The predicted octanol–water partition coefficient (Wildman–Crippen LogP) is 5.24. The Morgan fingerprint density at radius 1 is 0.774 bits per heavy atom. The van der Waals surface area contributed by atoms with Crippen LogP contribution >= 0.6 is 11.3 Å². The van der Waals surface area contributed by atoms with Crippen molar-refractivity contribution in [3.63, 3.8) is 0 Å². The molecular formula is C25H24N4OS. The summed E-state index contributed by atoms with van der Waals surface area (Å²) in [7, 11) is 0. The van der Waals surface area contributed by atoms with Gasteiger partial charge >= 0.3 is 0 Å². The van der Waals surface area contributed by atoms with Crippen LogP contribution < -0.4 is 5.32 Å². The number of anilines is 1. The molecular weight excluding hydrogens is 404 g/mol. The van der Waals surface area contributed by atoms with Crippen LogP contribution in [0, 0.1) is 0 Å². The summed E-state index contributed by atoms with van der Waals surface area (Å²) in [5.41, 5.74) is 3.46. The van der Waals surface area contributed by atoms with E-state index in [1.165, 1.54) is 22.5 Å². The van der Waals surface area contributed by atoms with Crippen LogP contribution in [-0.4, -0.2) is 27.5 Å². The lowest BCUT2D eigenvalue weighted by molar-refractivity contribution is -0.116. The van der Waals surface area contributed by atoms with E-state index in [4.69, 9.17) is 0 Å². The van der Waals surface area contributed by atoms with Crippen LogP contribution in [-0.2, 0) is 17.9 Å². The van der Waals surface area contributed by atoms with Gasteiger partial charge in [-0.15, -0.1) is 10.2 Å². The van der Waals surface area contributed by atoms with Crippen molar-refractivity contribution in [1.29, 1.82) is 0 Å². The Labute approximate surface area is 186 Å². The zero-order valence-electron chi connectivity index (χ0n) is 17.1. The molecule has 0 aliphatic carbocycles. The Hall–Kier alpha value is -3.35. The average molecular weight is 429 g/mol. The molecule has 1 N–H and O–H groups in total. The molecule has 4 aromatic rings. The highest BCUT2D eigenvalue weighted by atomic mass is 32.1. The third kappa shape index (κ3) is 6.31. The van der Waals surface area contributed by atoms with Gasteiger partial charge in [0.05, 0.1) is 0 Å². The Morgan fingerprint density at radius 3 is 1.90 bits per heavy atom. The first-order valence-corrected chi connectivity index (χ1v) is 11.1. The summed E-state index contributed by atoms with van der Waals surface area (Å²) in [6.45, 7) is 2.24. The maximum Gasteiger partial charge on any atom is 0.227 e. The first kappa shape index (κ1) is 20.9. The van der Waals surface area contributed by atoms with Crippen LogP contribution in [0.5, 0.6) is 0 Å². The number of carbonyl (C=O) groups is 1. The molecule has 1 heterocycles. The topological polar surface area (TPSA) is 58.1 Å². The Morgan fingerprint density at radius 2 is 1.32 bits per heavy atom. The molecule has 0 saturated heterocycles. The summed E-state index contributed by atoms with van der Waals surface area (Å²) < 4.78 is 0. The highest BCUT2D eigenvalue weighted by molar-refractivity contribution is 7.18. The van der Waals surface area contributed by atoms with Crippen LogP contribution in [0.4, 0.5) is 5.13 Å². The molecule has 5 nitrogen and oxygen atoms in total. The summed E-state index contributed by atoms with van der Waals surface area (Å²) in [5, 5.41) is 12.5. The highest BCUT2D eigenvalue weighted by Crippen LogP contribution is 2.26. The standard InChI is InChI=1S/C25H24N4OS/c30-23(26-25-28-27-24(31-25)22-14-8-3-9-15-22)16-17-29(18-20-10-4-1-5-11-20)19-21-12-6-2-7-13-21/h1-15H,16-19H2,(H,26,28,30). The number of carbonyl (C=O) groups excluding carboxylic acids is 1. The summed E-state index contributed by atoms with van der Waals surface area (Å²) in [5.74, 6) is -0.0538. The minimum atomic E-state index is -0.0538. The zero-order chi connectivity index (χ0) is 21.3. The van der Waals surface area contributed by atoms with E-state index in [0.29, 0.717) is 18.1 Å². The number of amides is 1. The Bertz CT molecular complexity index is 1040. The van der Waals surface area contributed by atoms with Gasteiger partial charge in [-0.05, 0) is 11.1 Å². The SMILES string of the molecule is O=C(CCN(Cc1ccccc1)Cc1ccccc1)Nc1nnc(-c2ccccc2)s1. The van der Waals surface area contributed by atoms with Gasteiger partial charge in [0.25, 0.3) is 0 Å². The summed E-state index contributed by atoms with van der Waals surface area (Å²) >= 11 is 1.39. The van der Waals surface area contributed by atoms with E-state index < -0.39 is 0 Å². The number of nitrogens with one attached hydrogen (secondary N) is 1. The third-order valence-electron chi connectivity index (χ3n) is 4.85. The molecule has 4 rings (SSSR count). The molecule has 6 heteroatoms. The molecule has 0 unspecified atom stereocenters. The fourth-order valence-corrected chi connectivity index (χ4v) is 4.08. The molecule has 0 spiro atoms. The second-order valence-electron chi connectivity index (χ2n) is 7.26. The maximum atomic E-state index is 12.6. The van der Waals surface area contributed by atoms with Crippen LogP contribution in [0.3, 0.4) is 0 Å². The molecule has 31 heavy (non-hydrogen) atoms. The second kappa shape index (κ2) is 10.6. The van der Waals surface area contributed by atoms with E-state index in [1.54, 1.807) is 0 Å². The smallest absolute Gasteiger partial charge is 0.227 e. The molecule has 0 saturated carbocycles. The summed E-state index contributed by atoms with van der Waals surface area (Å²) in [4.78, 5) is 14.9. The van der Waals surface area contributed by atoms with E-state index in [1.807, 2.05) is 66.7 Å². The van der Waals surface area contributed by atoms with Crippen LogP contribution in [0.25, 0.3) is 10.6 Å². The highest BCUT2D eigenvalue weighted by Gasteiger charge is 2.13. The molecule has 0 radical (unpaired) electrons. The minimum Gasteiger partial charge on any atom is -0.300 e. The number of rotatable bonds is 9. The zero-order valence-corrected chi connectivity index (χ0v) is 18.0.